The van der Waals surface area contributed by atoms with Crippen LogP contribution in [0.1, 0.15) is 34.0 Å². The fraction of sp³-hybridized carbons (Fsp3) is 0.273. The van der Waals surface area contributed by atoms with Crippen LogP contribution >= 0.6 is 0 Å². The number of nitrogens with one attached hydrogen (secondary N) is 1. The predicted molar refractivity (Wildman–Crippen MR) is 105 cm³/mol. The van der Waals surface area contributed by atoms with Crippen molar-refractivity contribution >= 4 is 5.91 Å². The SMILES string of the molecule is O=C(CN1Cc2ccccc2C1)N1Cc2[nH]cnc2C(c2cccc(O)c2)C1. The monoisotopic (exact) mass is 374 g/mol. The molecule has 6 heteroatoms. The lowest BCUT2D eigenvalue weighted by atomic mass is 9.90. The number of carbonyl (C=O) groups is 1. The molecule has 0 fully saturated rings. The van der Waals surface area contributed by atoms with Crippen molar-refractivity contribution in [1.82, 2.24) is 19.8 Å². The molecule has 0 saturated heterocycles. The van der Waals surface area contributed by atoms with Crippen molar-refractivity contribution in [3.8, 4) is 5.75 Å². The lowest BCUT2D eigenvalue weighted by molar-refractivity contribution is -0.133. The number of phenolic OH excluding ortho intramolecular Hbond substituents is 1. The second kappa shape index (κ2) is 6.80. The number of aromatic hydroxyl groups is 1. The molecule has 3 heterocycles. The molecule has 2 aliphatic heterocycles. The summed E-state index contributed by atoms with van der Waals surface area (Å²) in [4.78, 5) is 24.8. The first-order valence-electron chi connectivity index (χ1n) is 9.55. The summed E-state index contributed by atoms with van der Waals surface area (Å²) < 4.78 is 0. The lowest BCUT2D eigenvalue weighted by Crippen LogP contribution is -2.43. The molecule has 2 aromatic carbocycles. The van der Waals surface area contributed by atoms with Crippen LogP contribution < -0.4 is 0 Å². The number of phenols is 1. The van der Waals surface area contributed by atoms with Gasteiger partial charge in [0, 0.05) is 25.6 Å². The van der Waals surface area contributed by atoms with Crippen molar-refractivity contribution in [1.29, 1.82) is 0 Å². The Kier molecular flexibility index (Phi) is 4.13. The largest absolute Gasteiger partial charge is 0.508 e. The second-order valence-corrected chi connectivity index (χ2v) is 7.60. The minimum absolute atomic E-state index is 0.0400. The Morgan fingerprint density at radius 1 is 1.11 bits per heavy atom. The molecule has 2 aliphatic rings. The number of rotatable bonds is 3. The highest BCUT2D eigenvalue weighted by Gasteiger charge is 2.32. The standard InChI is InChI=1S/C22H22N4O2/c27-18-7-3-6-15(8-18)19-11-26(12-20-22(19)24-14-23-20)21(28)13-25-9-16-4-1-2-5-17(16)10-25/h1-8,14,19,27H,9-13H2,(H,23,24). The van der Waals surface area contributed by atoms with Gasteiger partial charge in [-0.05, 0) is 28.8 Å². The molecule has 0 saturated carbocycles. The number of aromatic nitrogens is 2. The first kappa shape index (κ1) is 17.0. The Morgan fingerprint density at radius 3 is 2.64 bits per heavy atom. The number of nitrogens with zero attached hydrogens (tertiary/aromatic N) is 3. The van der Waals surface area contributed by atoms with Crippen LogP contribution in [0, 0.1) is 0 Å². The number of hydrogen-bond acceptors (Lipinski definition) is 4. The van der Waals surface area contributed by atoms with E-state index >= 15 is 0 Å². The summed E-state index contributed by atoms with van der Waals surface area (Å²) in [6.45, 7) is 3.16. The minimum Gasteiger partial charge on any atom is -0.508 e. The van der Waals surface area contributed by atoms with E-state index < -0.39 is 0 Å². The Bertz CT molecular complexity index is 1000. The van der Waals surface area contributed by atoms with Crippen molar-refractivity contribution in [3.05, 3.63) is 82.9 Å². The summed E-state index contributed by atoms with van der Waals surface area (Å²) >= 11 is 0. The van der Waals surface area contributed by atoms with Crippen LogP contribution in [0.25, 0.3) is 0 Å². The number of hydrogen-bond donors (Lipinski definition) is 2. The van der Waals surface area contributed by atoms with Crippen LogP contribution in [0.5, 0.6) is 5.75 Å². The third kappa shape index (κ3) is 3.05. The normalized spacial score (nSPS) is 18.7. The van der Waals surface area contributed by atoms with Gasteiger partial charge in [0.05, 0.1) is 30.8 Å². The maximum Gasteiger partial charge on any atom is 0.237 e. The van der Waals surface area contributed by atoms with E-state index in [1.54, 1.807) is 18.5 Å². The van der Waals surface area contributed by atoms with E-state index in [9.17, 15) is 9.90 Å². The summed E-state index contributed by atoms with van der Waals surface area (Å²) in [5.41, 5.74) is 5.52. The highest BCUT2D eigenvalue weighted by Crippen LogP contribution is 2.33. The van der Waals surface area contributed by atoms with Crippen molar-refractivity contribution in [2.24, 2.45) is 0 Å². The van der Waals surface area contributed by atoms with E-state index in [0.717, 1.165) is 30.0 Å². The summed E-state index contributed by atoms with van der Waals surface area (Å²) in [6, 6.07) is 15.6. The number of imidazole rings is 1. The minimum atomic E-state index is -0.0400. The summed E-state index contributed by atoms with van der Waals surface area (Å²) in [5, 5.41) is 9.88. The molecule has 28 heavy (non-hydrogen) atoms. The van der Waals surface area contributed by atoms with Crippen LogP contribution in [-0.4, -0.2) is 43.9 Å². The molecule has 0 aliphatic carbocycles. The summed E-state index contributed by atoms with van der Waals surface area (Å²) in [5.74, 6) is 0.313. The fourth-order valence-electron chi connectivity index (χ4n) is 4.32. The van der Waals surface area contributed by atoms with E-state index in [-0.39, 0.29) is 17.6 Å². The summed E-state index contributed by atoms with van der Waals surface area (Å²) in [7, 11) is 0. The third-order valence-corrected chi connectivity index (χ3v) is 5.72. The molecule has 2 N–H and O–H groups in total. The van der Waals surface area contributed by atoms with Gasteiger partial charge in [-0.3, -0.25) is 9.69 Å². The molecule has 5 rings (SSSR count). The molecule has 142 valence electrons. The van der Waals surface area contributed by atoms with Crippen molar-refractivity contribution < 1.29 is 9.90 Å². The van der Waals surface area contributed by atoms with E-state index in [0.29, 0.717) is 19.6 Å². The van der Waals surface area contributed by atoms with Crippen molar-refractivity contribution in [3.63, 3.8) is 0 Å². The van der Waals surface area contributed by atoms with Gasteiger partial charge < -0.3 is 15.0 Å². The molecule has 0 bridgehead atoms. The number of H-pyrrole nitrogens is 1. The van der Waals surface area contributed by atoms with Crippen LogP contribution in [0.4, 0.5) is 0 Å². The topological polar surface area (TPSA) is 72.5 Å². The molecule has 1 amide bonds. The van der Waals surface area contributed by atoms with Gasteiger partial charge in [-0.25, -0.2) is 4.98 Å². The maximum atomic E-state index is 13.1. The summed E-state index contributed by atoms with van der Waals surface area (Å²) in [6.07, 6.45) is 1.69. The lowest BCUT2D eigenvalue weighted by Gasteiger charge is -2.33. The van der Waals surface area contributed by atoms with E-state index in [1.807, 2.05) is 17.0 Å². The van der Waals surface area contributed by atoms with Crippen LogP contribution in [0.15, 0.2) is 54.9 Å². The first-order chi connectivity index (χ1) is 13.7. The van der Waals surface area contributed by atoms with Crippen molar-refractivity contribution in [2.45, 2.75) is 25.6 Å². The quantitative estimate of drug-likeness (QED) is 0.739. The molecule has 1 aromatic heterocycles. The molecule has 0 radical (unpaired) electrons. The number of benzene rings is 2. The fourth-order valence-corrected chi connectivity index (χ4v) is 4.32. The van der Waals surface area contributed by atoms with Crippen LogP contribution in [0.3, 0.4) is 0 Å². The van der Waals surface area contributed by atoms with Gasteiger partial charge in [0.2, 0.25) is 5.91 Å². The smallest absolute Gasteiger partial charge is 0.237 e. The molecule has 6 nitrogen and oxygen atoms in total. The average molecular weight is 374 g/mol. The van der Waals surface area contributed by atoms with E-state index in [2.05, 4.69) is 39.1 Å². The van der Waals surface area contributed by atoms with Crippen LogP contribution in [0.2, 0.25) is 0 Å². The maximum absolute atomic E-state index is 13.1. The van der Waals surface area contributed by atoms with Gasteiger partial charge in [0.1, 0.15) is 5.75 Å². The average Bonchev–Trinajstić information content (AvgIpc) is 3.33. The number of amides is 1. The molecule has 0 spiro atoms. The Morgan fingerprint density at radius 2 is 1.89 bits per heavy atom. The van der Waals surface area contributed by atoms with Gasteiger partial charge in [-0.15, -0.1) is 0 Å². The molecular weight excluding hydrogens is 352 g/mol. The third-order valence-electron chi connectivity index (χ3n) is 5.72. The highest BCUT2D eigenvalue weighted by molar-refractivity contribution is 5.79. The Hall–Kier alpha value is -3.12. The first-order valence-corrected chi connectivity index (χ1v) is 9.55. The van der Waals surface area contributed by atoms with Gasteiger partial charge in [-0.1, -0.05) is 36.4 Å². The predicted octanol–water partition coefficient (Wildman–Crippen LogP) is 2.61. The van der Waals surface area contributed by atoms with Gasteiger partial charge in [0.15, 0.2) is 0 Å². The Labute approximate surface area is 163 Å². The van der Waals surface area contributed by atoms with E-state index in [1.165, 1.54) is 11.1 Å². The molecule has 1 atom stereocenters. The van der Waals surface area contributed by atoms with Crippen LogP contribution in [-0.2, 0) is 24.4 Å². The zero-order valence-electron chi connectivity index (χ0n) is 15.5. The van der Waals surface area contributed by atoms with E-state index in [4.69, 9.17) is 0 Å². The molecular formula is C22H22N4O2. The highest BCUT2D eigenvalue weighted by atomic mass is 16.3. The zero-order valence-corrected chi connectivity index (χ0v) is 15.5. The Balaban J connectivity index is 1.34. The zero-order chi connectivity index (χ0) is 19.1. The molecule has 3 aromatic rings. The number of carbonyl (C=O) groups excluding carboxylic acids is 1. The van der Waals surface area contributed by atoms with Gasteiger partial charge in [0.25, 0.3) is 0 Å². The van der Waals surface area contributed by atoms with Gasteiger partial charge in [-0.2, -0.15) is 0 Å². The van der Waals surface area contributed by atoms with Crippen molar-refractivity contribution in [2.75, 3.05) is 13.1 Å². The number of aromatic amines is 1. The molecule has 1 unspecified atom stereocenters. The second-order valence-electron chi connectivity index (χ2n) is 7.60. The number of fused-ring (bicyclic) bond motifs is 2. The van der Waals surface area contributed by atoms with Gasteiger partial charge >= 0.3 is 0 Å².